The van der Waals surface area contributed by atoms with Gasteiger partial charge >= 0.3 is 12.0 Å². The number of nitrogens with one attached hydrogen (secondary N) is 2. The van der Waals surface area contributed by atoms with Crippen LogP contribution in [-0.2, 0) is 4.74 Å². The van der Waals surface area contributed by atoms with Crippen LogP contribution in [0.2, 0.25) is 0 Å². The minimum atomic E-state index is -0.492. The summed E-state index contributed by atoms with van der Waals surface area (Å²) in [6.07, 6.45) is 0.750. The molecule has 5 heteroatoms. The van der Waals surface area contributed by atoms with E-state index in [1.165, 1.54) is 18.2 Å². The third kappa shape index (κ3) is 5.45. The summed E-state index contributed by atoms with van der Waals surface area (Å²) in [6, 6.07) is 26.9. The molecular formula is C24H24N2O3. The zero-order valence-electron chi connectivity index (χ0n) is 16.3. The maximum atomic E-state index is 12.4. The number of hydrogen-bond acceptors (Lipinski definition) is 3. The zero-order chi connectivity index (χ0) is 20.5. The number of esters is 1. The summed E-state index contributed by atoms with van der Waals surface area (Å²) < 4.78 is 4.76. The molecule has 0 aromatic heterocycles. The van der Waals surface area contributed by atoms with Gasteiger partial charge in [-0.25, -0.2) is 9.59 Å². The number of methoxy groups -OCH3 is 1. The molecule has 0 heterocycles. The van der Waals surface area contributed by atoms with Crippen LogP contribution in [0.4, 0.5) is 10.5 Å². The molecule has 29 heavy (non-hydrogen) atoms. The molecule has 5 nitrogen and oxygen atoms in total. The van der Waals surface area contributed by atoms with Crippen LogP contribution in [-0.4, -0.2) is 25.7 Å². The van der Waals surface area contributed by atoms with Crippen LogP contribution in [0.3, 0.4) is 0 Å². The predicted octanol–water partition coefficient (Wildman–Crippen LogP) is 4.82. The number of carbonyl (C=O) groups is 2. The SMILES string of the molecule is COC(=O)c1ccccc1NC(=O)NCCC(c1ccccc1)c1ccccc1. The molecule has 0 bridgehead atoms. The highest BCUT2D eigenvalue weighted by Crippen LogP contribution is 2.27. The fraction of sp³-hybridized carbons (Fsp3) is 0.167. The summed E-state index contributed by atoms with van der Waals surface area (Å²) in [5, 5.41) is 5.61. The average Bonchev–Trinajstić information content (AvgIpc) is 2.78. The third-order valence-corrected chi connectivity index (χ3v) is 4.70. The number of para-hydroxylation sites is 1. The summed E-state index contributed by atoms with van der Waals surface area (Å²) in [5.41, 5.74) is 3.14. The van der Waals surface area contributed by atoms with Gasteiger partial charge in [-0.05, 0) is 29.7 Å². The number of carbonyl (C=O) groups excluding carboxylic acids is 2. The molecule has 0 radical (unpaired) electrons. The van der Waals surface area contributed by atoms with Gasteiger partial charge in [-0.3, -0.25) is 0 Å². The molecule has 0 aliphatic heterocycles. The number of anilines is 1. The van der Waals surface area contributed by atoms with Crippen molar-refractivity contribution in [2.75, 3.05) is 19.0 Å². The van der Waals surface area contributed by atoms with Crippen LogP contribution in [0.15, 0.2) is 84.9 Å². The van der Waals surface area contributed by atoms with Crippen molar-refractivity contribution in [1.82, 2.24) is 5.32 Å². The van der Waals surface area contributed by atoms with Gasteiger partial charge in [0, 0.05) is 12.5 Å². The highest BCUT2D eigenvalue weighted by molar-refractivity contribution is 6.00. The second kappa shape index (κ2) is 10.1. The molecule has 0 saturated carbocycles. The zero-order valence-corrected chi connectivity index (χ0v) is 16.3. The van der Waals surface area contributed by atoms with E-state index < -0.39 is 5.97 Å². The minimum Gasteiger partial charge on any atom is -0.465 e. The highest BCUT2D eigenvalue weighted by atomic mass is 16.5. The van der Waals surface area contributed by atoms with Crippen molar-refractivity contribution in [1.29, 1.82) is 0 Å². The molecule has 148 valence electrons. The second-order valence-corrected chi connectivity index (χ2v) is 6.58. The molecule has 0 atom stereocenters. The van der Waals surface area contributed by atoms with Crippen molar-refractivity contribution in [3.05, 3.63) is 102 Å². The van der Waals surface area contributed by atoms with Gasteiger partial charge < -0.3 is 15.4 Å². The standard InChI is InChI=1S/C24H24N2O3/c1-29-23(27)21-14-8-9-15-22(21)26-24(28)25-17-16-20(18-10-4-2-5-11-18)19-12-6-3-7-13-19/h2-15,20H,16-17H2,1H3,(H2,25,26,28). The monoisotopic (exact) mass is 388 g/mol. The van der Waals surface area contributed by atoms with E-state index in [2.05, 4.69) is 34.9 Å². The van der Waals surface area contributed by atoms with E-state index in [4.69, 9.17) is 4.74 Å². The molecule has 2 amide bonds. The van der Waals surface area contributed by atoms with E-state index in [1.54, 1.807) is 24.3 Å². The summed E-state index contributed by atoms with van der Waals surface area (Å²) in [6.45, 7) is 0.487. The number of hydrogen-bond donors (Lipinski definition) is 2. The van der Waals surface area contributed by atoms with E-state index in [9.17, 15) is 9.59 Å². The molecule has 0 aliphatic carbocycles. The lowest BCUT2D eigenvalue weighted by Crippen LogP contribution is -2.31. The Hall–Kier alpha value is -3.60. The van der Waals surface area contributed by atoms with Gasteiger partial charge in [-0.1, -0.05) is 72.8 Å². The third-order valence-electron chi connectivity index (χ3n) is 4.70. The Labute approximate surface area is 170 Å². The maximum absolute atomic E-state index is 12.4. The first-order chi connectivity index (χ1) is 14.2. The molecule has 3 aromatic carbocycles. The molecule has 0 spiro atoms. The normalized spacial score (nSPS) is 10.4. The predicted molar refractivity (Wildman–Crippen MR) is 114 cm³/mol. The van der Waals surface area contributed by atoms with Crippen molar-refractivity contribution in [2.45, 2.75) is 12.3 Å². The molecule has 0 saturated heterocycles. The van der Waals surface area contributed by atoms with Crippen LogP contribution >= 0.6 is 0 Å². The number of amides is 2. The molecule has 3 rings (SSSR count). The molecule has 0 fully saturated rings. The Kier molecular flexibility index (Phi) is 7.00. The highest BCUT2D eigenvalue weighted by Gasteiger charge is 2.15. The number of rotatable bonds is 7. The van der Waals surface area contributed by atoms with Crippen LogP contribution in [0, 0.1) is 0 Å². The van der Waals surface area contributed by atoms with Crippen molar-refractivity contribution >= 4 is 17.7 Å². The molecule has 2 N–H and O–H groups in total. The Bertz CT molecular complexity index is 903. The first kappa shape index (κ1) is 20.1. The van der Waals surface area contributed by atoms with Crippen LogP contribution in [0.1, 0.15) is 33.8 Å². The van der Waals surface area contributed by atoms with Gasteiger partial charge in [0.1, 0.15) is 0 Å². The van der Waals surface area contributed by atoms with Crippen LogP contribution < -0.4 is 10.6 Å². The van der Waals surface area contributed by atoms with Crippen molar-refractivity contribution in [2.24, 2.45) is 0 Å². The average molecular weight is 388 g/mol. The van der Waals surface area contributed by atoms with E-state index in [-0.39, 0.29) is 11.9 Å². The first-order valence-electron chi connectivity index (χ1n) is 9.51. The van der Waals surface area contributed by atoms with E-state index in [0.29, 0.717) is 17.8 Å². The largest absolute Gasteiger partial charge is 0.465 e. The number of ether oxygens (including phenoxy) is 1. The Morgan fingerprint density at radius 3 is 1.97 bits per heavy atom. The Morgan fingerprint density at radius 2 is 1.38 bits per heavy atom. The lowest BCUT2D eigenvalue weighted by Gasteiger charge is -2.19. The first-order valence-corrected chi connectivity index (χ1v) is 9.51. The van der Waals surface area contributed by atoms with E-state index in [0.717, 1.165) is 6.42 Å². The van der Waals surface area contributed by atoms with Crippen molar-refractivity contribution in [3.63, 3.8) is 0 Å². The summed E-state index contributed by atoms with van der Waals surface area (Å²) in [4.78, 5) is 24.2. The van der Waals surface area contributed by atoms with Gasteiger partial charge in [0.2, 0.25) is 0 Å². The number of benzene rings is 3. The lowest BCUT2D eigenvalue weighted by molar-refractivity contribution is 0.0602. The van der Waals surface area contributed by atoms with Gasteiger partial charge in [0.05, 0.1) is 18.4 Å². The number of urea groups is 1. The fourth-order valence-electron chi connectivity index (χ4n) is 3.27. The topological polar surface area (TPSA) is 67.4 Å². The smallest absolute Gasteiger partial charge is 0.339 e. The summed E-state index contributed by atoms with van der Waals surface area (Å²) in [7, 11) is 1.31. The van der Waals surface area contributed by atoms with Crippen molar-refractivity contribution in [3.8, 4) is 0 Å². The summed E-state index contributed by atoms with van der Waals surface area (Å²) >= 11 is 0. The second-order valence-electron chi connectivity index (χ2n) is 6.58. The van der Waals surface area contributed by atoms with Crippen molar-refractivity contribution < 1.29 is 14.3 Å². The molecule has 3 aromatic rings. The van der Waals surface area contributed by atoms with Gasteiger partial charge in [-0.2, -0.15) is 0 Å². The lowest BCUT2D eigenvalue weighted by atomic mass is 9.88. The van der Waals surface area contributed by atoms with E-state index in [1.807, 2.05) is 36.4 Å². The Morgan fingerprint density at radius 1 is 0.828 bits per heavy atom. The van der Waals surface area contributed by atoms with Crippen LogP contribution in [0.25, 0.3) is 0 Å². The van der Waals surface area contributed by atoms with Gasteiger partial charge in [0.25, 0.3) is 0 Å². The maximum Gasteiger partial charge on any atom is 0.339 e. The van der Waals surface area contributed by atoms with Crippen LogP contribution in [0.5, 0.6) is 0 Å². The molecule has 0 aliphatic rings. The minimum absolute atomic E-state index is 0.181. The Balaban J connectivity index is 1.63. The van der Waals surface area contributed by atoms with Gasteiger partial charge in [0.15, 0.2) is 0 Å². The molecule has 0 unspecified atom stereocenters. The fourth-order valence-corrected chi connectivity index (χ4v) is 3.27. The molecular weight excluding hydrogens is 364 g/mol. The quantitative estimate of drug-likeness (QED) is 0.571. The van der Waals surface area contributed by atoms with E-state index >= 15 is 0 Å². The van der Waals surface area contributed by atoms with Gasteiger partial charge in [-0.15, -0.1) is 0 Å². The summed E-state index contributed by atoms with van der Waals surface area (Å²) in [5.74, 6) is -0.311.